The highest BCUT2D eigenvalue weighted by atomic mass is 32.2. The van der Waals surface area contributed by atoms with E-state index in [1.165, 1.54) is 6.20 Å². The molecule has 1 amide bonds. The monoisotopic (exact) mass is 408 g/mol. The van der Waals surface area contributed by atoms with Crippen LogP contribution < -0.4 is 5.32 Å². The van der Waals surface area contributed by atoms with Gasteiger partial charge in [0.2, 0.25) is 5.91 Å². The zero-order chi connectivity index (χ0) is 20.9. The fraction of sp³-hybridized carbons (Fsp3) is 0.217. The van der Waals surface area contributed by atoms with Crippen LogP contribution in [0.4, 0.5) is 0 Å². The van der Waals surface area contributed by atoms with Gasteiger partial charge in [-0.05, 0) is 54.3 Å². The van der Waals surface area contributed by atoms with Crippen LogP contribution in [-0.2, 0) is 21.1 Å². The summed E-state index contributed by atoms with van der Waals surface area (Å²) in [5.41, 5.74) is 3.35. The minimum absolute atomic E-state index is 0.0212. The first-order valence-corrected chi connectivity index (χ1v) is 10.9. The minimum Gasteiger partial charge on any atom is -0.354 e. The number of sulfone groups is 1. The van der Waals surface area contributed by atoms with Gasteiger partial charge in [-0.15, -0.1) is 0 Å². The van der Waals surface area contributed by atoms with E-state index >= 15 is 0 Å². The second kappa shape index (κ2) is 9.01. The van der Waals surface area contributed by atoms with E-state index in [0.29, 0.717) is 5.56 Å². The van der Waals surface area contributed by atoms with Crippen molar-refractivity contribution < 1.29 is 13.2 Å². The molecule has 0 unspecified atom stereocenters. The highest BCUT2D eigenvalue weighted by molar-refractivity contribution is 7.91. The van der Waals surface area contributed by atoms with Crippen LogP contribution in [-0.4, -0.2) is 25.9 Å². The normalized spacial score (nSPS) is 12.3. The highest BCUT2D eigenvalue weighted by Gasteiger charge is 2.30. The molecule has 0 saturated carbocycles. The van der Waals surface area contributed by atoms with E-state index in [-0.39, 0.29) is 23.8 Å². The predicted molar refractivity (Wildman–Crippen MR) is 113 cm³/mol. The number of carbonyl (C=O) groups excluding carboxylic acids is 1. The second-order valence-corrected chi connectivity index (χ2v) is 9.16. The van der Waals surface area contributed by atoms with Crippen molar-refractivity contribution in [3.8, 4) is 0 Å². The van der Waals surface area contributed by atoms with Crippen molar-refractivity contribution in [2.75, 3.05) is 6.54 Å². The highest BCUT2D eigenvalue weighted by Crippen LogP contribution is 2.29. The number of carbonyl (C=O) groups is 1. The van der Waals surface area contributed by atoms with Crippen molar-refractivity contribution in [2.45, 2.75) is 30.4 Å². The van der Waals surface area contributed by atoms with E-state index in [0.717, 1.165) is 16.7 Å². The number of pyridine rings is 1. The summed E-state index contributed by atoms with van der Waals surface area (Å²) < 4.78 is 26.8. The van der Waals surface area contributed by atoms with Crippen molar-refractivity contribution in [1.82, 2.24) is 10.3 Å². The first-order chi connectivity index (χ1) is 13.9. The lowest BCUT2D eigenvalue weighted by molar-refractivity contribution is -0.120. The number of aryl methyl sites for hydroxylation is 2. The standard InChI is InChI=1S/C23H24N2O3S/c1-17-10-11-21(13-18(17)2)29(27,28)22(20-9-6-12-24-15-20)16-25-23(26)14-19-7-4-3-5-8-19/h3-13,15,22H,14,16H2,1-2H3,(H,25,26)/t22-/m1/s1. The van der Waals surface area contributed by atoms with Crippen molar-refractivity contribution in [2.24, 2.45) is 0 Å². The lowest BCUT2D eigenvalue weighted by Gasteiger charge is -2.19. The van der Waals surface area contributed by atoms with E-state index in [4.69, 9.17) is 0 Å². The summed E-state index contributed by atoms with van der Waals surface area (Å²) in [4.78, 5) is 16.7. The van der Waals surface area contributed by atoms with E-state index in [9.17, 15) is 13.2 Å². The van der Waals surface area contributed by atoms with Crippen molar-refractivity contribution >= 4 is 15.7 Å². The minimum atomic E-state index is -3.72. The molecule has 2 aromatic carbocycles. The van der Waals surface area contributed by atoms with E-state index in [1.807, 2.05) is 44.2 Å². The van der Waals surface area contributed by atoms with Gasteiger partial charge in [0.25, 0.3) is 0 Å². The summed E-state index contributed by atoms with van der Waals surface area (Å²) in [7, 11) is -3.72. The molecule has 3 aromatic rings. The van der Waals surface area contributed by atoms with Crippen LogP contribution in [0.3, 0.4) is 0 Å². The number of hydrogen-bond donors (Lipinski definition) is 1. The van der Waals surface area contributed by atoms with Crippen LogP contribution in [0.15, 0.2) is 78.0 Å². The number of amides is 1. The second-order valence-electron chi connectivity index (χ2n) is 7.03. The fourth-order valence-electron chi connectivity index (χ4n) is 3.08. The van der Waals surface area contributed by atoms with Crippen molar-refractivity contribution in [3.63, 3.8) is 0 Å². The molecule has 3 rings (SSSR count). The van der Waals surface area contributed by atoms with E-state index in [1.54, 1.807) is 36.5 Å². The average molecular weight is 409 g/mol. The number of benzene rings is 2. The molecule has 5 nitrogen and oxygen atoms in total. The first kappa shape index (κ1) is 20.7. The molecule has 0 aliphatic carbocycles. The Morgan fingerprint density at radius 2 is 1.76 bits per heavy atom. The summed E-state index contributed by atoms with van der Waals surface area (Å²) in [6, 6.07) is 17.9. The van der Waals surface area contributed by atoms with Gasteiger partial charge in [0.05, 0.1) is 11.3 Å². The lowest BCUT2D eigenvalue weighted by atomic mass is 10.1. The van der Waals surface area contributed by atoms with Gasteiger partial charge in [-0.3, -0.25) is 9.78 Å². The third kappa shape index (κ3) is 5.09. The molecule has 29 heavy (non-hydrogen) atoms. The first-order valence-electron chi connectivity index (χ1n) is 9.39. The lowest BCUT2D eigenvalue weighted by Crippen LogP contribution is -2.33. The summed E-state index contributed by atoms with van der Waals surface area (Å²) >= 11 is 0. The Morgan fingerprint density at radius 3 is 2.41 bits per heavy atom. The van der Waals surface area contributed by atoms with Crippen LogP contribution in [0.2, 0.25) is 0 Å². The van der Waals surface area contributed by atoms with Crippen LogP contribution in [0.25, 0.3) is 0 Å². The zero-order valence-electron chi connectivity index (χ0n) is 16.5. The van der Waals surface area contributed by atoms with Crippen LogP contribution in [0.5, 0.6) is 0 Å². The molecule has 1 aromatic heterocycles. The van der Waals surface area contributed by atoms with Gasteiger partial charge >= 0.3 is 0 Å². The Morgan fingerprint density at radius 1 is 1.00 bits per heavy atom. The molecule has 0 aliphatic rings. The molecule has 6 heteroatoms. The number of nitrogens with one attached hydrogen (secondary N) is 1. The maximum atomic E-state index is 13.4. The van der Waals surface area contributed by atoms with Crippen molar-refractivity contribution in [3.05, 3.63) is 95.3 Å². The van der Waals surface area contributed by atoms with Gasteiger partial charge in [-0.2, -0.15) is 0 Å². The van der Waals surface area contributed by atoms with Crippen LogP contribution in [0, 0.1) is 13.8 Å². The molecule has 0 spiro atoms. The maximum absolute atomic E-state index is 13.4. The zero-order valence-corrected chi connectivity index (χ0v) is 17.3. The Hall–Kier alpha value is -2.99. The summed E-state index contributed by atoms with van der Waals surface area (Å²) in [5, 5.41) is 1.87. The predicted octanol–water partition coefficient (Wildman–Crippen LogP) is 3.57. The van der Waals surface area contributed by atoms with Gasteiger partial charge < -0.3 is 5.32 Å². The van der Waals surface area contributed by atoms with Gasteiger partial charge in [-0.1, -0.05) is 42.5 Å². The van der Waals surface area contributed by atoms with E-state index in [2.05, 4.69) is 10.3 Å². The molecular formula is C23H24N2O3S. The Balaban J connectivity index is 1.85. The molecule has 150 valence electrons. The van der Waals surface area contributed by atoms with Gasteiger partial charge in [-0.25, -0.2) is 8.42 Å². The Bertz CT molecular complexity index is 1080. The smallest absolute Gasteiger partial charge is 0.224 e. The number of hydrogen-bond acceptors (Lipinski definition) is 4. The average Bonchev–Trinajstić information content (AvgIpc) is 2.71. The summed E-state index contributed by atoms with van der Waals surface area (Å²) in [6.45, 7) is 3.80. The molecule has 0 radical (unpaired) electrons. The number of nitrogens with zero attached hydrogens (tertiary/aromatic N) is 1. The third-order valence-corrected chi connectivity index (χ3v) is 7.03. The third-order valence-electron chi connectivity index (χ3n) is 4.93. The topological polar surface area (TPSA) is 76.1 Å². The van der Waals surface area contributed by atoms with Gasteiger partial charge in [0.15, 0.2) is 9.84 Å². The number of rotatable bonds is 7. The molecule has 0 aliphatic heterocycles. The maximum Gasteiger partial charge on any atom is 0.224 e. The molecule has 0 fully saturated rings. The molecular weight excluding hydrogens is 384 g/mol. The largest absolute Gasteiger partial charge is 0.354 e. The summed E-state index contributed by atoms with van der Waals surface area (Å²) in [5.74, 6) is -0.222. The fourth-order valence-corrected chi connectivity index (χ4v) is 4.81. The Kier molecular flexibility index (Phi) is 6.44. The van der Waals surface area contributed by atoms with Crippen LogP contribution >= 0.6 is 0 Å². The van der Waals surface area contributed by atoms with Crippen molar-refractivity contribution in [1.29, 1.82) is 0 Å². The van der Waals surface area contributed by atoms with E-state index < -0.39 is 15.1 Å². The molecule has 1 heterocycles. The van der Waals surface area contributed by atoms with Gasteiger partial charge in [0.1, 0.15) is 5.25 Å². The summed E-state index contributed by atoms with van der Waals surface area (Å²) in [6.07, 6.45) is 3.33. The molecule has 0 bridgehead atoms. The van der Waals surface area contributed by atoms with Crippen LogP contribution in [0.1, 0.15) is 27.5 Å². The quantitative estimate of drug-likeness (QED) is 0.648. The SMILES string of the molecule is Cc1ccc(S(=O)(=O)[C@H](CNC(=O)Cc2ccccc2)c2cccnc2)cc1C. The Labute approximate surface area is 171 Å². The molecule has 1 atom stereocenters. The molecule has 1 N–H and O–H groups in total. The number of aromatic nitrogens is 1. The molecule has 0 saturated heterocycles. The van der Waals surface area contributed by atoms with Gasteiger partial charge in [0, 0.05) is 18.9 Å².